The van der Waals surface area contributed by atoms with Crippen LogP contribution in [0.2, 0.25) is 0 Å². The second kappa shape index (κ2) is 8.59. The van der Waals surface area contributed by atoms with E-state index in [1.807, 2.05) is 0 Å². The normalized spacial score (nSPS) is 14.6. The molecule has 0 aliphatic carbocycles. The van der Waals surface area contributed by atoms with Crippen LogP contribution in [0.4, 0.5) is 8.78 Å². The molecule has 0 fully saturated rings. The van der Waals surface area contributed by atoms with Gasteiger partial charge in [-0.05, 0) is 35.9 Å². The number of rotatable bonds is 7. The van der Waals surface area contributed by atoms with Gasteiger partial charge in [0, 0.05) is 11.6 Å². The fraction of sp³-hybridized carbons (Fsp3) is 0.200. The van der Waals surface area contributed by atoms with Crippen LogP contribution in [-0.2, 0) is 9.53 Å². The van der Waals surface area contributed by atoms with Gasteiger partial charge in [-0.2, -0.15) is 8.78 Å². The molecule has 29 heavy (non-hydrogen) atoms. The molecule has 9 heteroatoms. The molecule has 0 N–H and O–H groups in total. The van der Waals surface area contributed by atoms with Crippen molar-refractivity contribution in [3.63, 3.8) is 0 Å². The average molecular weight is 405 g/mol. The summed E-state index contributed by atoms with van der Waals surface area (Å²) in [5.41, 5.74) is 0.881. The van der Waals surface area contributed by atoms with Crippen molar-refractivity contribution in [2.75, 3.05) is 21.3 Å². The molecule has 1 heterocycles. The number of alkyl halides is 2. The zero-order valence-electron chi connectivity index (χ0n) is 15.8. The standard InChI is InChI=1S/C20H17F2NO6/c1-25-13-8-12(9-14(10-13)26-2)18-23-15(19(24)29-18)6-11-4-5-16(27-3)17(7-11)28-20(21)22/h4-10,20H,1-3H3/b15-6-. The number of aliphatic imine (C=N–C) groups is 1. The molecule has 0 saturated carbocycles. The highest BCUT2D eigenvalue weighted by molar-refractivity contribution is 6.13. The third-order valence-electron chi connectivity index (χ3n) is 3.93. The molecule has 1 aliphatic heterocycles. The van der Waals surface area contributed by atoms with E-state index in [-0.39, 0.29) is 23.1 Å². The second-order valence-electron chi connectivity index (χ2n) is 5.73. The zero-order chi connectivity index (χ0) is 21.0. The minimum atomic E-state index is -3.02. The fourth-order valence-corrected chi connectivity index (χ4v) is 2.59. The molecule has 2 aromatic rings. The molecule has 0 spiro atoms. The number of nitrogens with zero attached hydrogens (tertiary/aromatic N) is 1. The van der Waals surface area contributed by atoms with E-state index in [4.69, 9.17) is 18.9 Å². The third-order valence-corrected chi connectivity index (χ3v) is 3.93. The quantitative estimate of drug-likeness (QED) is 0.517. The number of benzene rings is 2. The summed E-state index contributed by atoms with van der Waals surface area (Å²) in [5.74, 6) is 0.350. The van der Waals surface area contributed by atoms with Crippen LogP contribution < -0.4 is 18.9 Å². The van der Waals surface area contributed by atoms with E-state index in [9.17, 15) is 13.6 Å². The summed E-state index contributed by atoms with van der Waals surface area (Å²) < 4.78 is 50.2. The summed E-state index contributed by atoms with van der Waals surface area (Å²) in [6, 6.07) is 9.27. The lowest BCUT2D eigenvalue weighted by atomic mass is 10.1. The van der Waals surface area contributed by atoms with Crippen molar-refractivity contribution in [3.05, 3.63) is 53.2 Å². The van der Waals surface area contributed by atoms with E-state index in [2.05, 4.69) is 9.73 Å². The number of halogens is 2. The monoisotopic (exact) mass is 405 g/mol. The minimum absolute atomic E-state index is 0.00468. The van der Waals surface area contributed by atoms with Crippen molar-refractivity contribution >= 4 is 17.9 Å². The van der Waals surface area contributed by atoms with Crippen LogP contribution in [-0.4, -0.2) is 39.8 Å². The Hall–Kier alpha value is -3.62. The highest BCUT2D eigenvalue weighted by atomic mass is 19.3. The molecule has 152 valence electrons. The Bertz CT molecular complexity index is 965. The first-order valence-electron chi connectivity index (χ1n) is 8.32. The van der Waals surface area contributed by atoms with E-state index in [0.717, 1.165) is 0 Å². The number of methoxy groups -OCH3 is 3. The van der Waals surface area contributed by atoms with Crippen molar-refractivity contribution in [3.8, 4) is 23.0 Å². The van der Waals surface area contributed by atoms with Gasteiger partial charge in [-0.3, -0.25) is 0 Å². The third kappa shape index (κ3) is 4.63. The Morgan fingerprint density at radius 3 is 2.24 bits per heavy atom. The molecule has 0 radical (unpaired) electrons. The summed E-state index contributed by atoms with van der Waals surface area (Å²) in [4.78, 5) is 16.4. The van der Waals surface area contributed by atoms with Crippen LogP contribution in [0.15, 0.2) is 47.1 Å². The van der Waals surface area contributed by atoms with E-state index >= 15 is 0 Å². The lowest BCUT2D eigenvalue weighted by Crippen LogP contribution is -2.06. The van der Waals surface area contributed by atoms with Gasteiger partial charge < -0.3 is 23.7 Å². The highest BCUT2D eigenvalue weighted by Gasteiger charge is 2.25. The first-order valence-corrected chi connectivity index (χ1v) is 8.32. The smallest absolute Gasteiger partial charge is 0.387 e. The number of carbonyl (C=O) groups is 1. The highest BCUT2D eigenvalue weighted by Crippen LogP contribution is 2.31. The maximum atomic E-state index is 12.6. The molecular weight excluding hydrogens is 388 g/mol. The summed E-state index contributed by atoms with van der Waals surface area (Å²) in [5, 5.41) is 0. The predicted molar refractivity (Wildman–Crippen MR) is 99.8 cm³/mol. The van der Waals surface area contributed by atoms with Crippen LogP contribution in [0.3, 0.4) is 0 Å². The van der Waals surface area contributed by atoms with Gasteiger partial charge in [-0.15, -0.1) is 0 Å². The minimum Gasteiger partial charge on any atom is -0.497 e. The maximum Gasteiger partial charge on any atom is 0.387 e. The Kier molecular flexibility index (Phi) is 5.96. The fourth-order valence-electron chi connectivity index (χ4n) is 2.59. The molecule has 0 atom stereocenters. The summed E-state index contributed by atoms with van der Waals surface area (Å²) >= 11 is 0. The van der Waals surface area contributed by atoms with E-state index in [0.29, 0.717) is 22.6 Å². The van der Waals surface area contributed by atoms with Gasteiger partial charge in [0.05, 0.1) is 21.3 Å². The van der Waals surface area contributed by atoms with Gasteiger partial charge in [0.1, 0.15) is 11.5 Å². The average Bonchev–Trinajstić information content (AvgIpc) is 3.07. The summed E-state index contributed by atoms with van der Waals surface area (Å²) in [7, 11) is 4.32. The Morgan fingerprint density at radius 2 is 1.66 bits per heavy atom. The first kappa shape index (κ1) is 20.1. The van der Waals surface area contributed by atoms with Crippen molar-refractivity contribution in [2.24, 2.45) is 4.99 Å². The summed E-state index contributed by atoms with van der Waals surface area (Å²) in [6.45, 7) is -3.02. The predicted octanol–water partition coefficient (Wildman–Crippen LogP) is 3.66. The molecule has 2 aromatic carbocycles. The molecule has 3 rings (SSSR count). The van der Waals surface area contributed by atoms with Gasteiger partial charge in [0.25, 0.3) is 0 Å². The summed E-state index contributed by atoms with van der Waals surface area (Å²) in [6.07, 6.45) is 1.39. The lowest BCUT2D eigenvalue weighted by molar-refractivity contribution is -0.129. The molecule has 7 nitrogen and oxygen atoms in total. The number of esters is 1. The van der Waals surface area contributed by atoms with Crippen molar-refractivity contribution in [2.45, 2.75) is 6.61 Å². The van der Waals surface area contributed by atoms with E-state index in [1.165, 1.54) is 39.5 Å². The number of hydrogen-bond acceptors (Lipinski definition) is 7. The Labute approximate surface area is 165 Å². The van der Waals surface area contributed by atoms with Crippen molar-refractivity contribution in [1.29, 1.82) is 0 Å². The Balaban J connectivity index is 1.95. The second-order valence-corrected chi connectivity index (χ2v) is 5.73. The molecule has 0 saturated heterocycles. The van der Waals surface area contributed by atoms with Crippen molar-refractivity contribution < 1.29 is 37.3 Å². The van der Waals surface area contributed by atoms with Gasteiger partial charge in [-0.25, -0.2) is 9.79 Å². The van der Waals surface area contributed by atoms with Gasteiger partial charge >= 0.3 is 12.6 Å². The number of carbonyl (C=O) groups excluding carboxylic acids is 1. The van der Waals surface area contributed by atoms with Crippen LogP contribution in [0.1, 0.15) is 11.1 Å². The number of ether oxygens (including phenoxy) is 5. The topological polar surface area (TPSA) is 75.6 Å². The number of hydrogen-bond donors (Lipinski definition) is 0. The molecule has 0 amide bonds. The van der Waals surface area contributed by atoms with Gasteiger partial charge in [0.2, 0.25) is 5.90 Å². The zero-order valence-corrected chi connectivity index (χ0v) is 15.8. The van der Waals surface area contributed by atoms with Crippen LogP contribution >= 0.6 is 0 Å². The largest absolute Gasteiger partial charge is 0.497 e. The molecule has 0 aromatic heterocycles. The number of cyclic esters (lactones) is 1. The Morgan fingerprint density at radius 1 is 0.966 bits per heavy atom. The van der Waals surface area contributed by atoms with Crippen LogP contribution in [0, 0.1) is 0 Å². The van der Waals surface area contributed by atoms with Crippen molar-refractivity contribution in [1.82, 2.24) is 0 Å². The van der Waals surface area contributed by atoms with Crippen LogP contribution in [0.5, 0.6) is 23.0 Å². The van der Waals surface area contributed by atoms with E-state index < -0.39 is 12.6 Å². The molecular formula is C20H17F2NO6. The maximum absolute atomic E-state index is 12.6. The SMILES string of the molecule is COc1cc(OC)cc(C2=N/C(=C\c3ccc(OC)c(OC(F)F)c3)C(=O)O2)c1. The van der Waals surface area contributed by atoms with E-state index in [1.54, 1.807) is 24.3 Å². The van der Waals surface area contributed by atoms with Gasteiger partial charge in [-0.1, -0.05) is 6.07 Å². The van der Waals surface area contributed by atoms with Gasteiger partial charge in [0.15, 0.2) is 17.2 Å². The lowest BCUT2D eigenvalue weighted by Gasteiger charge is -2.10. The molecule has 1 aliphatic rings. The molecule has 0 unspecified atom stereocenters. The first-order chi connectivity index (χ1) is 13.9. The molecule has 0 bridgehead atoms. The van der Waals surface area contributed by atoms with Crippen LogP contribution in [0.25, 0.3) is 6.08 Å².